The quantitative estimate of drug-likeness (QED) is 0.870. The average molecular weight is 278 g/mol. The van der Waals surface area contributed by atoms with Crippen LogP contribution in [-0.2, 0) is 4.79 Å². The van der Waals surface area contributed by atoms with Gasteiger partial charge in [-0.05, 0) is 30.9 Å². The maximum atomic E-state index is 12.1. The van der Waals surface area contributed by atoms with Gasteiger partial charge in [-0.15, -0.1) is 0 Å². The van der Waals surface area contributed by atoms with E-state index in [1.807, 2.05) is 45.0 Å². The van der Waals surface area contributed by atoms with Crippen molar-refractivity contribution in [2.75, 3.05) is 11.9 Å². The highest BCUT2D eigenvalue weighted by Crippen LogP contribution is 2.18. The summed E-state index contributed by atoms with van der Waals surface area (Å²) in [7, 11) is 1.63. The van der Waals surface area contributed by atoms with Crippen LogP contribution in [0.4, 0.5) is 10.5 Å². The van der Waals surface area contributed by atoms with Crippen LogP contribution in [0.3, 0.4) is 0 Å². The lowest BCUT2D eigenvalue weighted by molar-refractivity contribution is -0.139. The molecule has 0 heterocycles. The Morgan fingerprint density at radius 1 is 1.30 bits per heavy atom. The molecule has 110 valence electrons. The minimum atomic E-state index is -1.01. The van der Waals surface area contributed by atoms with E-state index in [1.54, 1.807) is 7.05 Å². The van der Waals surface area contributed by atoms with E-state index in [0.717, 1.165) is 11.3 Å². The van der Waals surface area contributed by atoms with Crippen molar-refractivity contribution in [2.45, 2.75) is 33.2 Å². The number of aryl methyl sites for hydroxylation is 1. The first-order chi connectivity index (χ1) is 9.32. The molecule has 0 aliphatic heterocycles. The van der Waals surface area contributed by atoms with Gasteiger partial charge in [0.15, 0.2) is 0 Å². The van der Waals surface area contributed by atoms with E-state index in [4.69, 9.17) is 5.11 Å². The predicted molar refractivity (Wildman–Crippen MR) is 79.0 cm³/mol. The average Bonchev–Trinajstić information content (AvgIpc) is 2.37. The zero-order chi connectivity index (χ0) is 15.3. The lowest BCUT2D eigenvalue weighted by Gasteiger charge is -2.23. The van der Waals surface area contributed by atoms with Gasteiger partial charge in [-0.25, -0.2) is 9.59 Å². The van der Waals surface area contributed by atoms with Gasteiger partial charge in [0.1, 0.15) is 6.04 Å². The van der Waals surface area contributed by atoms with Crippen LogP contribution in [0.2, 0.25) is 0 Å². The van der Waals surface area contributed by atoms with Crippen molar-refractivity contribution in [1.29, 1.82) is 0 Å². The maximum Gasteiger partial charge on any atom is 0.326 e. The predicted octanol–water partition coefficient (Wildman–Crippen LogP) is 2.64. The summed E-state index contributed by atoms with van der Waals surface area (Å²) < 4.78 is 0. The van der Waals surface area contributed by atoms with E-state index < -0.39 is 18.0 Å². The Labute approximate surface area is 119 Å². The summed E-state index contributed by atoms with van der Waals surface area (Å²) in [6.45, 7) is 5.75. The summed E-state index contributed by atoms with van der Waals surface area (Å²) in [5.74, 6) is -0.814. The molecule has 0 saturated carbocycles. The molecule has 0 aliphatic rings. The highest BCUT2D eigenvalue weighted by molar-refractivity contribution is 5.94. The smallest absolute Gasteiger partial charge is 0.326 e. The summed E-state index contributed by atoms with van der Waals surface area (Å²) >= 11 is 0. The number of aliphatic carboxylic acids is 1. The van der Waals surface area contributed by atoms with Gasteiger partial charge in [0.2, 0.25) is 0 Å². The Kier molecular flexibility index (Phi) is 5.55. The fourth-order valence-corrected chi connectivity index (χ4v) is 1.99. The molecule has 0 bridgehead atoms. The number of carbonyl (C=O) groups is 2. The molecule has 0 fully saturated rings. The van der Waals surface area contributed by atoms with Crippen molar-refractivity contribution in [3.05, 3.63) is 29.8 Å². The zero-order valence-corrected chi connectivity index (χ0v) is 12.4. The number of hydrogen-bond acceptors (Lipinski definition) is 2. The second-order valence-corrected chi connectivity index (χ2v) is 5.32. The number of amides is 2. The largest absolute Gasteiger partial charge is 0.480 e. The number of benzene rings is 1. The van der Waals surface area contributed by atoms with Crippen LogP contribution in [0.1, 0.15) is 25.8 Å². The molecular formula is C15H22N2O3. The number of carbonyl (C=O) groups excluding carboxylic acids is 1. The van der Waals surface area contributed by atoms with Crippen LogP contribution in [0.15, 0.2) is 24.3 Å². The molecular weight excluding hydrogens is 256 g/mol. The van der Waals surface area contributed by atoms with Gasteiger partial charge in [0.05, 0.1) is 0 Å². The van der Waals surface area contributed by atoms with Gasteiger partial charge in [0.25, 0.3) is 0 Å². The van der Waals surface area contributed by atoms with Crippen molar-refractivity contribution < 1.29 is 14.7 Å². The lowest BCUT2D eigenvalue weighted by atomic mass is 10.0. The molecule has 0 saturated heterocycles. The van der Waals surface area contributed by atoms with E-state index in [1.165, 1.54) is 4.90 Å². The Morgan fingerprint density at radius 3 is 2.40 bits per heavy atom. The molecule has 0 unspecified atom stereocenters. The van der Waals surface area contributed by atoms with Gasteiger partial charge in [-0.3, -0.25) is 4.90 Å². The normalized spacial score (nSPS) is 12.1. The molecule has 20 heavy (non-hydrogen) atoms. The van der Waals surface area contributed by atoms with Crippen molar-refractivity contribution in [1.82, 2.24) is 5.32 Å². The Bertz CT molecular complexity index is 486. The number of nitrogens with one attached hydrogen (secondary N) is 1. The number of hydrogen-bond donors (Lipinski definition) is 2. The fourth-order valence-electron chi connectivity index (χ4n) is 1.99. The summed E-state index contributed by atoms with van der Waals surface area (Å²) in [6, 6.07) is 6.19. The third-order valence-electron chi connectivity index (χ3n) is 3.08. The number of carboxylic acids is 1. The molecule has 2 amide bonds. The summed E-state index contributed by atoms with van der Waals surface area (Å²) in [6.07, 6.45) is 0.405. The van der Waals surface area contributed by atoms with Crippen molar-refractivity contribution in [3.8, 4) is 0 Å². The first kappa shape index (κ1) is 16.0. The standard InChI is InChI=1S/C15H22N2O3/c1-10(2)9-12(14(18)19)16-15(20)17(4)13-8-6-5-7-11(13)3/h5-8,10,12H,9H2,1-4H3,(H,16,20)(H,18,19)/t12-/m0/s1. The molecule has 1 aromatic carbocycles. The van der Waals surface area contributed by atoms with Gasteiger partial charge in [0, 0.05) is 12.7 Å². The molecule has 2 N–H and O–H groups in total. The van der Waals surface area contributed by atoms with Gasteiger partial charge >= 0.3 is 12.0 Å². The van der Waals surface area contributed by atoms with E-state index in [2.05, 4.69) is 5.32 Å². The lowest BCUT2D eigenvalue weighted by Crippen LogP contribution is -2.47. The first-order valence-corrected chi connectivity index (χ1v) is 6.65. The number of rotatable bonds is 5. The molecule has 5 nitrogen and oxygen atoms in total. The minimum absolute atomic E-state index is 0.195. The van der Waals surface area contributed by atoms with Crippen LogP contribution in [0.25, 0.3) is 0 Å². The first-order valence-electron chi connectivity index (χ1n) is 6.65. The maximum absolute atomic E-state index is 12.1. The number of para-hydroxylation sites is 1. The highest BCUT2D eigenvalue weighted by Gasteiger charge is 2.23. The number of anilines is 1. The van der Waals surface area contributed by atoms with Crippen LogP contribution in [0.5, 0.6) is 0 Å². The fraction of sp³-hybridized carbons (Fsp3) is 0.467. The number of carboxylic acid groups (broad SMARTS) is 1. The van der Waals surface area contributed by atoms with Crippen molar-refractivity contribution >= 4 is 17.7 Å². The van der Waals surface area contributed by atoms with Crippen molar-refractivity contribution in [3.63, 3.8) is 0 Å². The van der Waals surface area contributed by atoms with E-state index in [0.29, 0.717) is 6.42 Å². The Balaban J connectivity index is 2.79. The summed E-state index contributed by atoms with van der Waals surface area (Å²) in [4.78, 5) is 24.7. The van der Waals surface area contributed by atoms with Gasteiger partial charge < -0.3 is 10.4 Å². The molecule has 1 aromatic rings. The van der Waals surface area contributed by atoms with E-state index >= 15 is 0 Å². The highest BCUT2D eigenvalue weighted by atomic mass is 16.4. The number of nitrogens with zero attached hydrogens (tertiary/aromatic N) is 1. The molecule has 0 spiro atoms. The second kappa shape index (κ2) is 6.93. The number of urea groups is 1. The Morgan fingerprint density at radius 2 is 1.90 bits per heavy atom. The summed E-state index contributed by atoms with van der Waals surface area (Å²) in [5.41, 5.74) is 1.72. The monoisotopic (exact) mass is 278 g/mol. The van der Waals surface area contributed by atoms with Crippen LogP contribution in [-0.4, -0.2) is 30.2 Å². The second-order valence-electron chi connectivity index (χ2n) is 5.32. The van der Waals surface area contributed by atoms with Crippen LogP contribution < -0.4 is 10.2 Å². The minimum Gasteiger partial charge on any atom is -0.480 e. The third kappa shape index (κ3) is 4.26. The van der Waals surface area contributed by atoms with E-state index in [-0.39, 0.29) is 5.92 Å². The van der Waals surface area contributed by atoms with Crippen LogP contribution in [0, 0.1) is 12.8 Å². The summed E-state index contributed by atoms with van der Waals surface area (Å²) in [5, 5.41) is 11.7. The SMILES string of the molecule is Cc1ccccc1N(C)C(=O)N[C@@H](CC(C)C)C(=O)O. The molecule has 0 aromatic heterocycles. The Hall–Kier alpha value is -2.04. The van der Waals surface area contributed by atoms with Crippen molar-refractivity contribution in [2.24, 2.45) is 5.92 Å². The third-order valence-corrected chi connectivity index (χ3v) is 3.08. The molecule has 5 heteroatoms. The van der Waals surface area contributed by atoms with Gasteiger partial charge in [-0.1, -0.05) is 32.0 Å². The van der Waals surface area contributed by atoms with Gasteiger partial charge in [-0.2, -0.15) is 0 Å². The molecule has 0 radical (unpaired) electrons. The molecule has 0 aliphatic carbocycles. The topological polar surface area (TPSA) is 69.6 Å². The van der Waals surface area contributed by atoms with Crippen LogP contribution >= 0.6 is 0 Å². The van der Waals surface area contributed by atoms with E-state index in [9.17, 15) is 9.59 Å². The zero-order valence-electron chi connectivity index (χ0n) is 12.4. The molecule has 1 rings (SSSR count). The molecule has 1 atom stereocenters.